The number of hydrogen-bond donors (Lipinski definition) is 0. The first-order valence-electron chi connectivity index (χ1n) is 13.4. The highest BCUT2D eigenvalue weighted by Gasteiger charge is 2.36. The Kier molecular flexibility index (Phi) is 8.31. The van der Waals surface area contributed by atoms with E-state index in [0.717, 1.165) is 36.5 Å². The van der Waals surface area contributed by atoms with Crippen molar-refractivity contribution < 1.29 is 9.00 Å². The minimum Gasteiger partial charge on any atom is -0.303 e. The van der Waals surface area contributed by atoms with Gasteiger partial charge in [0.2, 0.25) is 0 Å². The summed E-state index contributed by atoms with van der Waals surface area (Å²) in [4.78, 5) is 17.4. The Morgan fingerprint density at radius 3 is 1.97 bits per heavy atom. The van der Waals surface area contributed by atoms with E-state index in [9.17, 15) is 9.00 Å². The van der Waals surface area contributed by atoms with Gasteiger partial charge in [0.15, 0.2) is 5.78 Å². The minimum atomic E-state index is -1.38. The van der Waals surface area contributed by atoms with Gasteiger partial charge in [-0.1, -0.05) is 103 Å². The maximum absolute atomic E-state index is 13.6. The van der Waals surface area contributed by atoms with Crippen LogP contribution in [0.1, 0.15) is 46.3 Å². The Morgan fingerprint density at radius 2 is 1.37 bits per heavy atom. The average molecular weight is 522 g/mol. The average Bonchev–Trinajstić information content (AvgIpc) is 2.94. The first-order chi connectivity index (χ1) is 18.5. The molecule has 1 heterocycles. The number of carbonyl (C=O) groups excluding carboxylic acids is 1. The highest BCUT2D eigenvalue weighted by molar-refractivity contribution is 7.85. The second kappa shape index (κ2) is 12.0. The maximum atomic E-state index is 13.6. The first-order valence-corrected chi connectivity index (χ1v) is 14.6. The quantitative estimate of drug-likeness (QED) is 0.208. The molecule has 4 heteroatoms. The third-order valence-corrected chi connectivity index (χ3v) is 9.29. The molecule has 1 aliphatic rings. The zero-order valence-corrected chi connectivity index (χ0v) is 22.9. The first kappa shape index (κ1) is 26.3. The molecule has 3 nitrogen and oxygen atoms in total. The fourth-order valence-corrected chi connectivity index (χ4v) is 6.60. The van der Waals surface area contributed by atoms with Crippen LogP contribution in [0.3, 0.4) is 0 Å². The Morgan fingerprint density at radius 1 is 0.816 bits per heavy atom. The summed E-state index contributed by atoms with van der Waals surface area (Å²) in [7, 11) is -1.38. The van der Waals surface area contributed by atoms with E-state index in [-0.39, 0.29) is 11.7 Å². The van der Waals surface area contributed by atoms with Crippen LogP contribution in [0.2, 0.25) is 0 Å². The van der Waals surface area contributed by atoms with Crippen LogP contribution < -0.4 is 0 Å². The van der Waals surface area contributed by atoms with Crippen LogP contribution in [0.25, 0.3) is 0 Å². The maximum Gasteiger partial charge on any atom is 0.167 e. The monoisotopic (exact) mass is 521 g/mol. The SMILES string of the molecule is Cc1ccc(S(=O)c2ccccc2C(=O)C(C)C2CN(CCC(c3ccccc3)c3ccccc3)C2)cc1. The Balaban J connectivity index is 1.22. The van der Waals surface area contributed by atoms with Gasteiger partial charge in [-0.25, -0.2) is 4.21 Å². The van der Waals surface area contributed by atoms with Gasteiger partial charge in [0, 0.05) is 35.4 Å². The highest BCUT2D eigenvalue weighted by Crippen LogP contribution is 2.32. The number of ketones is 1. The normalized spacial score (nSPS) is 15.7. The predicted molar refractivity (Wildman–Crippen MR) is 155 cm³/mol. The van der Waals surface area contributed by atoms with E-state index in [4.69, 9.17) is 0 Å². The lowest BCUT2D eigenvalue weighted by Crippen LogP contribution is -2.51. The van der Waals surface area contributed by atoms with E-state index < -0.39 is 10.8 Å². The molecule has 2 atom stereocenters. The van der Waals surface area contributed by atoms with Gasteiger partial charge in [0.05, 0.1) is 15.7 Å². The molecule has 5 rings (SSSR count). The highest BCUT2D eigenvalue weighted by atomic mass is 32.2. The summed E-state index contributed by atoms with van der Waals surface area (Å²) in [5.41, 5.74) is 4.40. The molecular formula is C34H35NO2S. The Hall–Kier alpha value is -3.34. The van der Waals surface area contributed by atoms with Crippen molar-refractivity contribution in [3.05, 3.63) is 131 Å². The van der Waals surface area contributed by atoms with E-state index >= 15 is 0 Å². The molecule has 1 fully saturated rings. The third-order valence-electron chi connectivity index (χ3n) is 7.83. The summed E-state index contributed by atoms with van der Waals surface area (Å²) < 4.78 is 13.3. The standard InChI is InChI=1S/C34H35NO2S/c1-25-17-19-30(20-18-25)38(37)33-16-10-9-15-32(33)34(36)26(2)29-23-35(24-29)22-21-31(27-11-5-3-6-12-27)28-13-7-4-8-14-28/h3-20,26,29,31H,21-24H2,1-2H3. The summed E-state index contributed by atoms with van der Waals surface area (Å²) in [6.45, 7) is 6.89. The largest absolute Gasteiger partial charge is 0.303 e. The fourth-order valence-electron chi connectivity index (χ4n) is 5.40. The van der Waals surface area contributed by atoms with Crippen molar-refractivity contribution in [1.82, 2.24) is 4.90 Å². The van der Waals surface area contributed by atoms with Crippen LogP contribution in [0.4, 0.5) is 0 Å². The van der Waals surface area contributed by atoms with Gasteiger partial charge >= 0.3 is 0 Å². The van der Waals surface area contributed by atoms with Crippen molar-refractivity contribution in [2.45, 2.75) is 36.0 Å². The summed E-state index contributed by atoms with van der Waals surface area (Å²) in [5, 5.41) is 0. The molecule has 0 N–H and O–H groups in total. The van der Waals surface area contributed by atoms with Crippen LogP contribution in [0, 0.1) is 18.8 Å². The topological polar surface area (TPSA) is 37.4 Å². The number of rotatable bonds is 10. The molecule has 4 aromatic rings. The Labute approximate surface area is 229 Å². The lowest BCUT2D eigenvalue weighted by Gasteiger charge is -2.42. The molecule has 4 aromatic carbocycles. The molecule has 1 aliphatic heterocycles. The van der Waals surface area contributed by atoms with E-state index in [2.05, 4.69) is 65.6 Å². The number of aryl methyl sites for hydroxylation is 1. The molecule has 194 valence electrons. The van der Waals surface area contributed by atoms with Crippen molar-refractivity contribution >= 4 is 16.6 Å². The summed E-state index contributed by atoms with van der Waals surface area (Å²) in [5.74, 6) is 0.660. The molecule has 2 unspecified atom stereocenters. The zero-order chi connectivity index (χ0) is 26.5. The summed E-state index contributed by atoms with van der Waals surface area (Å²) in [6, 6.07) is 36.6. The summed E-state index contributed by atoms with van der Waals surface area (Å²) in [6.07, 6.45) is 1.04. The second-order valence-corrected chi connectivity index (χ2v) is 11.9. The number of benzene rings is 4. The van der Waals surface area contributed by atoms with Gasteiger partial charge in [-0.3, -0.25) is 4.79 Å². The molecule has 0 spiro atoms. The van der Waals surface area contributed by atoms with Crippen LogP contribution in [-0.4, -0.2) is 34.5 Å². The van der Waals surface area contributed by atoms with Gasteiger partial charge in [-0.15, -0.1) is 0 Å². The molecule has 0 radical (unpaired) electrons. The lowest BCUT2D eigenvalue weighted by molar-refractivity contribution is 0.0504. The molecule has 0 bridgehead atoms. The predicted octanol–water partition coefficient (Wildman–Crippen LogP) is 7.13. The van der Waals surface area contributed by atoms with Gasteiger partial charge < -0.3 is 4.90 Å². The van der Waals surface area contributed by atoms with Crippen molar-refractivity contribution in [1.29, 1.82) is 0 Å². The number of hydrogen-bond acceptors (Lipinski definition) is 3. The Bertz CT molecular complexity index is 1340. The molecule has 0 aromatic heterocycles. The van der Waals surface area contributed by atoms with Crippen molar-refractivity contribution in [2.75, 3.05) is 19.6 Å². The van der Waals surface area contributed by atoms with E-state index in [1.54, 1.807) is 0 Å². The molecule has 0 aliphatic carbocycles. The molecule has 0 saturated carbocycles. The molecule has 0 amide bonds. The second-order valence-electron chi connectivity index (χ2n) is 10.4. The van der Waals surface area contributed by atoms with Gasteiger partial charge in [-0.2, -0.15) is 0 Å². The van der Waals surface area contributed by atoms with E-state index in [1.165, 1.54) is 11.1 Å². The van der Waals surface area contributed by atoms with Crippen molar-refractivity contribution in [3.8, 4) is 0 Å². The molecule has 38 heavy (non-hydrogen) atoms. The third kappa shape index (κ3) is 5.87. The number of carbonyl (C=O) groups is 1. The number of Topliss-reactive ketones (excluding diaryl/α,β-unsaturated/α-hetero) is 1. The molecular weight excluding hydrogens is 486 g/mol. The van der Waals surface area contributed by atoms with Crippen molar-refractivity contribution in [2.24, 2.45) is 11.8 Å². The lowest BCUT2D eigenvalue weighted by atomic mass is 9.81. The van der Waals surface area contributed by atoms with Gasteiger partial charge in [0.1, 0.15) is 0 Å². The van der Waals surface area contributed by atoms with Crippen LogP contribution >= 0.6 is 0 Å². The van der Waals surface area contributed by atoms with E-state index in [0.29, 0.717) is 22.3 Å². The molecule has 1 saturated heterocycles. The van der Waals surface area contributed by atoms with Crippen LogP contribution in [0.5, 0.6) is 0 Å². The smallest absolute Gasteiger partial charge is 0.167 e. The van der Waals surface area contributed by atoms with E-state index in [1.807, 2.05) is 62.4 Å². The van der Waals surface area contributed by atoms with Crippen LogP contribution in [-0.2, 0) is 10.8 Å². The number of likely N-dealkylation sites (tertiary alicyclic amines) is 1. The van der Waals surface area contributed by atoms with Gasteiger partial charge in [-0.05, 0) is 55.1 Å². The van der Waals surface area contributed by atoms with Crippen molar-refractivity contribution in [3.63, 3.8) is 0 Å². The minimum absolute atomic E-state index is 0.0946. The zero-order valence-electron chi connectivity index (χ0n) is 22.1. The fraction of sp³-hybridized carbons (Fsp3) is 0.265. The number of nitrogens with zero attached hydrogens (tertiary/aromatic N) is 1. The van der Waals surface area contributed by atoms with Crippen LogP contribution in [0.15, 0.2) is 119 Å². The summed E-state index contributed by atoms with van der Waals surface area (Å²) >= 11 is 0. The van der Waals surface area contributed by atoms with Gasteiger partial charge in [0.25, 0.3) is 0 Å².